The summed E-state index contributed by atoms with van der Waals surface area (Å²) in [5, 5.41) is 0. The summed E-state index contributed by atoms with van der Waals surface area (Å²) in [4.78, 5) is 25.5. The van der Waals surface area contributed by atoms with Gasteiger partial charge in [0.15, 0.2) is 11.5 Å². The van der Waals surface area contributed by atoms with Crippen LogP contribution >= 0.6 is 0 Å². The molecule has 0 heterocycles. The van der Waals surface area contributed by atoms with Crippen LogP contribution in [-0.2, 0) is 4.74 Å². The predicted molar refractivity (Wildman–Crippen MR) is 80.3 cm³/mol. The molecule has 0 radical (unpaired) electrons. The molecule has 110 valence electrons. The Bertz CT molecular complexity index is 607. The maximum atomic E-state index is 12.9. The molecule has 0 N–H and O–H groups in total. The summed E-state index contributed by atoms with van der Waals surface area (Å²) in [6.07, 6.45) is 5.42. The van der Waals surface area contributed by atoms with Gasteiger partial charge < -0.3 is 4.74 Å². The van der Waals surface area contributed by atoms with Gasteiger partial charge in [-0.05, 0) is 25.7 Å². The number of carbonyl (C=O) groups is 2. The quantitative estimate of drug-likeness (QED) is 0.844. The van der Waals surface area contributed by atoms with Gasteiger partial charge in [-0.3, -0.25) is 9.59 Å². The number of benzene rings is 1. The molecular formula is C18H20O3. The Labute approximate surface area is 125 Å². The molecule has 3 heteroatoms. The molecule has 1 aromatic carbocycles. The number of Topliss-reactive ketones (excluding diaryl/α,β-unsaturated/α-hetero) is 2. The van der Waals surface area contributed by atoms with Crippen LogP contribution < -0.4 is 0 Å². The van der Waals surface area contributed by atoms with Crippen LogP contribution in [-0.4, -0.2) is 18.2 Å². The van der Waals surface area contributed by atoms with E-state index >= 15 is 0 Å². The Hall–Kier alpha value is -1.90. The van der Waals surface area contributed by atoms with Crippen molar-refractivity contribution in [1.82, 2.24) is 0 Å². The topological polar surface area (TPSA) is 43.4 Å². The summed E-state index contributed by atoms with van der Waals surface area (Å²) in [7, 11) is 0. The van der Waals surface area contributed by atoms with Crippen LogP contribution in [0.15, 0.2) is 35.6 Å². The first kappa shape index (κ1) is 14.1. The van der Waals surface area contributed by atoms with Crippen LogP contribution in [0.4, 0.5) is 0 Å². The molecule has 0 saturated heterocycles. The minimum absolute atomic E-state index is 0.0134. The third-order valence-corrected chi connectivity index (χ3v) is 4.41. The maximum absolute atomic E-state index is 12.9. The largest absolute Gasteiger partial charge is 0.489 e. The second-order valence-electron chi connectivity index (χ2n) is 5.71. The average Bonchev–Trinajstić information content (AvgIpc) is 2.54. The summed E-state index contributed by atoms with van der Waals surface area (Å²) in [6, 6.07) is 7.07. The van der Waals surface area contributed by atoms with Crippen molar-refractivity contribution in [3.63, 3.8) is 0 Å². The SMILES string of the molecule is CCOC1=C(C2CCCCC2)C(=O)c2ccccc2C1=O. The molecule has 2 aliphatic rings. The molecule has 0 aliphatic heterocycles. The Morgan fingerprint density at radius 1 is 1.00 bits per heavy atom. The highest BCUT2D eigenvalue weighted by Gasteiger charge is 2.37. The lowest BCUT2D eigenvalue weighted by molar-refractivity contribution is 0.0865. The van der Waals surface area contributed by atoms with Crippen molar-refractivity contribution in [3.05, 3.63) is 46.7 Å². The van der Waals surface area contributed by atoms with E-state index in [4.69, 9.17) is 4.74 Å². The van der Waals surface area contributed by atoms with Gasteiger partial charge in [-0.15, -0.1) is 0 Å². The van der Waals surface area contributed by atoms with Crippen LogP contribution in [0.1, 0.15) is 59.7 Å². The van der Waals surface area contributed by atoms with E-state index in [-0.39, 0.29) is 17.5 Å². The van der Waals surface area contributed by atoms with Gasteiger partial charge >= 0.3 is 0 Å². The van der Waals surface area contributed by atoms with Gasteiger partial charge in [-0.25, -0.2) is 0 Å². The van der Waals surface area contributed by atoms with Gasteiger partial charge in [0.25, 0.3) is 0 Å². The van der Waals surface area contributed by atoms with Crippen molar-refractivity contribution in [3.8, 4) is 0 Å². The number of hydrogen-bond donors (Lipinski definition) is 0. The Kier molecular flexibility index (Phi) is 3.91. The van der Waals surface area contributed by atoms with Crippen molar-refractivity contribution < 1.29 is 14.3 Å². The number of rotatable bonds is 3. The summed E-state index contributed by atoms with van der Waals surface area (Å²) in [5.41, 5.74) is 1.64. The second kappa shape index (κ2) is 5.84. The maximum Gasteiger partial charge on any atom is 0.228 e. The standard InChI is InChI=1S/C18H20O3/c1-2-21-18-15(12-8-4-3-5-9-12)16(19)13-10-6-7-11-14(13)17(18)20/h6-7,10-12H,2-5,8-9H2,1H3. The van der Waals surface area contributed by atoms with E-state index in [9.17, 15) is 9.59 Å². The summed E-state index contributed by atoms with van der Waals surface area (Å²) in [6.45, 7) is 2.26. The third kappa shape index (κ3) is 2.41. The highest BCUT2D eigenvalue weighted by atomic mass is 16.5. The molecule has 2 aliphatic carbocycles. The van der Waals surface area contributed by atoms with Crippen molar-refractivity contribution in [1.29, 1.82) is 0 Å². The first-order valence-electron chi connectivity index (χ1n) is 7.79. The van der Waals surface area contributed by atoms with E-state index in [2.05, 4.69) is 0 Å². The molecule has 0 spiro atoms. The molecule has 0 bridgehead atoms. The number of ketones is 2. The van der Waals surface area contributed by atoms with Crippen molar-refractivity contribution in [2.45, 2.75) is 39.0 Å². The minimum atomic E-state index is -0.132. The van der Waals surface area contributed by atoms with Crippen LogP contribution in [0, 0.1) is 5.92 Å². The minimum Gasteiger partial charge on any atom is -0.489 e. The normalized spacial score (nSPS) is 19.7. The Morgan fingerprint density at radius 2 is 1.62 bits per heavy atom. The highest BCUT2D eigenvalue weighted by molar-refractivity contribution is 6.26. The van der Waals surface area contributed by atoms with Gasteiger partial charge in [0.1, 0.15) is 0 Å². The first-order valence-corrected chi connectivity index (χ1v) is 7.79. The third-order valence-electron chi connectivity index (χ3n) is 4.41. The van der Waals surface area contributed by atoms with E-state index in [0.29, 0.717) is 29.1 Å². The lowest BCUT2D eigenvalue weighted by Gasteiger charge is -2.28. The predicted octanol–water partition coefficient (Wildman–Crippen LogP) is 3.94. The smallest absolute Gasteiger partial charge is 0.228 e. The molecule has 0 atom stereocenters. The van der Waals surface area contributed by atoms with E-state index in [1.54, 1.807) is 18.2 Å². The fourth-order valence-electron chi connectivity index (χ4n) is 3.42. The Balaban J connectivity index is 2.09. The number of carbonyl (C=O) groups excluding carboxylic acids is 2. The lowest BCUT2D eigenvalue weighted by atomic mass is 9.76. The molecular weight excluding hydrogens is 264 g/mol. The molecule has 1 aromatic rings. The van der Waals surface area contributed by atoms with Gasteiger partial charge in [-0.1, -0.05) is 43.5 Å². The molecule has 21 heavy (non-hydrogen) atoms. The fourth-order valence-corrected chi connectivity index (χ4v) is 3.42. The summed E-state index contributed by atoms with van der Waals surface area (Å²) in [5.74, 6) is 0.325. The summed E-state index contributed by atoms with van der Waals surface area (Å²) >= 11 is 0. The number of ether oxygens (including phenoxy) is 1. The lowest BCUT2D eigenvalue weighted by Crippen LogP contribution is -2.28. The van der Waals surface area contributed by atoms with Crippen molar-refractivity contribution in [2.75, 3.05) is 6.61 Å². The van der Waals surface area contributed by atoms with E-state index in [1.165, 1.54) is 6.42 Å². The van der Waals surface area contributed by atoms with E-state index in [1.807, 2.05) is 13.0 Å². The van der Waals surface area contributed by atoms with Crippen molar-refractivity contribution in [2.24, 2.45) is 5.92 Å². The van der Waals surface area contributed by atoms with Gasteiger partial charge in [-0.2, -0.15) is 0 Å². The molecule has 0 amide bonds. The first-order chi connectivity index (χ1) is 10.2. The zero-order chi connectivity index (χ0) is 14.8. The number of allylic oxidation sites excluding steroid dienone is 2. The molecule has 0 unspecified atom stereocenters. The van der Waals surface area contributed by atoms with Crippen molar-refractivity contribution >= 4 is 11.6 Å². The second-order valence-corrected chi connectivity index (χ2v) is 5.71. The Morgan fingerprint density at radius 3 is 2.24 bits per heavy atom. The molecule has 1 saturated carbocycles. The number of fused-ring (bicyclic) bond motifs is 1. The van der Waals surface area contributed by atoms with Gasteiger partial charge in [0.05, 0.1) is 6.61 Å². The molecule has 1 fully saturated rings. The van der Waals surface area contributed by atoms with E-state index in [0.717, 1.165) is 25.7 Å². The average molecular weight is 284 g/mol. The summed E-state index contributed by atoms with van der Waals surface area (Å²) < 4.78 is 5.60. The van der Waals surface area contributed by atoms with Crippen LogP contribution in [0.5, 0.6) is 0 Å². The van der Waals surface area contributed by atoms with Crippen LogP contribution in [0.25, 0.3) is 0 Å². The van der Waals surface area contributed by atoms with Gasteiger partial charge in [0.2, 0.25) is 5.78 Å². The zero-order valence-electron chi connectivity index (χ0n) is 12.4. The van der Waals surface area contributed by atoms with E-state index < -0.39 is 0 Å². The molecule has 0 aromatic heterocycles. The van der Waals surface area contributed by atoms with Crippen LogP contribution in [0.2, 0.25) is 0 Å². The highest BCUT2D eigenvalue weighted by Crippen LogP contribution is 2.37. The van der Waals surface area contributed by atoms with Crippen LogP contribution in [0.3, 0.4) is 0 Å². The van der Waals surface area contributed by atoms with Gasteiger partial charge in [0, 0.05) is 16.7 Å². The zero-order valence-corrected chi connectivity index (χ0v) is 12.4. The monoisotopic (exact) mass is 284 g/mol. The molecule has 3 nitrogen and oxygen atoms in total. The fraction of sp³-hybridized carbons (Fsp3) is 0.444. The molecule has 3 rings (SSSR count). The number of hydrogen-bond acceptors (Lipinski definition) is 3.